The first-order valence-corrected chi connectivity index (χ1v) is 6.70. The zero-order valence-electron chi connectivity index (χ0n) is 12.4. The smallest absolute Gasteiger partial charge is 0.315 e. The summed E-state index contributed by atoms with van der Waals surface area (Å²) in [6, 6.07) is 3.64. The summed E-state index contributed by atoms with van der Waals surface area (Å²) in [7, 11) is 1.58. The Kier molecular flexibility index (Phi) is 3.85. The standard InChI is InChI=1S/C14H22N4O2/c1-9-5-11(6-12(17-9)20-4)14(3)8-16-10(2)7-18(14)13(15)19/h5-6,10,16H,7-8H2,1-4H3,(H2,15,19). The summed E-state index contributed by atoms with van der Waals surface area (Å²) in [4.78, 5) is 17.8. The third-order valence-corrected chi connectivity index (χ3v) is 3.87. The minimum Gasteiger partial charge on any atom is -0.481 e. The third-order valence-electron chi connectivity index (χ3n) is 3.87. The zero-order chi connectivity index (χ0) is 14.9. The van der Waals surface area contributed by atoms with Gasteiger partial charge in [0.1, 0.15) is 0 Å². The SMILES string of the molecule is COc1cc(C2(C)CNC(C)CN2C(N)=O)cc(C)n1. The molecule has 2 amide bonds. The van der Waals surface area contributed by atoms with Crippen molar-refractivity contribution in [3.8, 4) is 5.88 Å². The van der Waals surface area contributed by atoms with E-state index in [0.29, 0.717) is 19.0 Å². The quantitative estimate of drug-likeness (QED) is 0.845. The van der Waals surface area contributed by atoms with Gasteiger partial charge in [-0.1, -0.05) is 0 Å². The number of nitrogens with two attached hydrogens (primary N) is 1. The largest absolute Gasteiger partial charge is 0.481 e. The lowest BCUT2D eigenvalue weighted by Gasteiger charge is -2.47. The van der Waals surface area contributed by atoms with Crippen LogP contribution in [0.15, 0.2) is 12.1 Å². The number of hydrogen-bond donors (Lipinski definition) is 2. The van der Waals surface area contributed by atoms with E-state index in [0.717, 1.165) is 11.3 Å². The van der Waals surface area contributed by atoms with E-state index in [4.69, 9.17) is 10.5 Å². The van der Waals surface area contributed by atoms with Gasteiger partial charge >= 0.3 is 6.03 Å². The second-order valence-corrected chi connectivity index (χ2v) is 5.54. The van der Waals surface area contributed by atoms with Gasteiger partial charge in [-0.25, -0.2) is 9.78 Å². The van der Waals surface area contributed by atoms with Gasteiger partial charge in [-0.15, -0.1) is 0 Å². The molecule has 1 aliphatic heterocycles. The van der Waals surface area contributed by atoms with Gasteiger partial charge in [-0.05, 0) is 32.4 Å². The van der Waals surface area contributed by atoms with E-state index in [1.807, 2.05) is 32.9 Å². The highest BCUT2D eigenvalue weighted by Crippen LogP contribution is 2.32. The van der Waals surface area contributed by atoms with Crippen molar-refractivity contribution in [2.75, 3.05) is 20.2 Å². The van der Waals surface area contributed by atoms with Crippen LogP contribution in [0.1, 0.15) is 25.1 Å². The van der Waals surface area contributed by atoms with Crippen molar-refractivity contribution in [3.05, 3.63) is 23.4 Å². The fourth-order valence-corrected chi connectivity index (χ4v) is 2.65. The van der Waals surface area contributed by atoms with Crippen molar-refractivity contribution >= 4 is 6.03 Å². The number of ether oxygens (including phenoxy) is 1. The molecule has 2 heterocycles. The molecule has 2 unspecified atom stereocenters. The van der Waals surface area contributed by atoms with E-state index in [1.54, 1.807) is 12.0 Å². The minimum atomic E-state index is -0.501. The van der Waals surface area contributed by atoms with Gasteiger partial charge < -0.3 is 20.7 Å². The molecule has 0 saturated carbocycles. The van der Waals surface area contributed by atoms with Crippen molar-refractivity contribution in [3.63, 3.8) is 0 Å². The summed E-state index contributed by atoms with van der Waals surface area (Å²) < 4.78 is 5.22. The highest BCUT2D eigenvalue weighted by molar-refractivity contribution is 5.73. The number of nitrogens with zero attached hydrogens (tertiary/aromatic N) is 2. The topological polar surface area (TPSA) is 80.5 Å². The fourth-order valence-electron chi connectivity index (χ4n) is 2.65. The number of hydrogen-bond acceptors (Lipinski definition) is 4. The van der Waals surface area contributed by atoms with E-state index < -0.39 is 11.6 Å². The molecule has 1 fully saturated rings. The summed E-state index contributed by atoms with van der Waals surface area (Å²) in [6.07, 6.45) is 0. The number of carbonyl (C=O) groups excluding carboxylic acids is 1. The molecular weight excluding hydrogens is 256 g/mol. The molecule has 0 bridgehead atoms. The predicted molar refractivity (Wildman–Crippen MR) is 76.6 cm³/mol. The summed E-state index contributed by atoms with van der Waals surface area (Å²) in [5.74, 6) is 0.546. The number of piperazine rings is 1. The molecule has 2 rings (SSSR count). The zero-order valence-corrected chi connectivity index (χ0v) is 12.4. The van der Waals surface area contributed by atoms with Crippen LogP contribution in [0.5, 0.6) is 5.88 Å². The van der Waals surface area contributed by atoms with Gasteiger partial charge in [0.2, 0.25) is 5.88 Å². The number of amides is 2. The maximum absolute atomic E-state index is 11.8. The minimum absolute atomic E-state index is 0.223. The first kappa shape index (κ1) is 14.6. The molecule has 1 saturated heterocycles. The van der Waals surface area contributed by atoms with Crippen LogP contribution in [0.25, 0.3) is 0 Å². The van der Waals surface area contributed by atoms with Crippen LogP contribution in [0, 0.1) is 6.92 Å². The van der Waals surface area contributed by atoms with Gasteiger partial charge in [-0.2, -0.15) is 0 Å². The highest BCUT2D eigenvalue weighted by Gasteiger charge is 2.40. The molecule has 6 heteroatoms. The third kappa shape index (κ3) is 2.56. The second kappa shape index (κ2) is 5.28. The number of aryl methyl sites for hydroxylation is 1. The monoisotopic (exact) mass is 278 g/mol. The first-order valence-electron chi connectivity index (χ1n) is 6.70. The number of carbonyl (C=O) groups is 1. The van der Waals surface area contributed by atoms with E-state index in [1.165, 1.54) is 0 Å². The number of urea groups is 1. The molecule has 2 atom stereocenters. The van der Waals surface area contributed by atoms with Crippen LogP contribution < -0.4 is 15.8 Å². The van der Waals surface area contributed by atoms with E-state index in [-0.39, 0.29) is 6.04 Å². The van der Waals surface area contributed by atoms with Gasteiger partial charge in [-0.3, -0.25) is 0 Å². The lowest BCUT2D eigenvalue weighted by atomic mass is 9.87. The molecule has 0 radical (unpaired) electrons. The predicted octanol–water partition coefficient (Wildman–Crippen LogP) is 0.986. The second-order valence-electron chi connectivity index (χ2n) is 5.54. The number of primary amides is 1. The molecule has 1 aromatic heterocycles. The van der Waals surface area contributed by atoms with Crippen LogP contribution in [0.3, 0.4) is 0 Å². The Balaban J connectivity index is 2.46. The summed E-state index contributed by atoms with van der Waals surface area (Å²) in [6.45, 7) is 7.17. The van der Waals surface area contributed by atoms with Gasteiger partial charge in [0, 0.05) is 30.9 Å². The Bertz CT molecular complexity index is 520. The Morgan fingerprint density at radius 3 is 2.90 bits per heavy atom. The van der Waals surface area contributed by atoms with Crippen LogP contribution in [0.2, 0.25) is 0 Å². The van der Waals surface area contributed by atoms with Crippen molar-refractivity contribution < 1.29 is 9.53 Å². The molecule has 0 aliphatic carbocycles. The summed E-state index contributed by atoms with van der Waals surface area (Å²) in [5.41, 5.74) is 6.89. The number of nitrogens with one attached hydrogen (secondary N) is 1. The molecular formula is C14H22N4O2. The first-order chi connectivity index (χ1) is 9.36. The maximum atomic E-state index is 11.8. The molecule has 1 aliphatic rings. The average Bonchev–Trinajstić information content (AvgIpc) is 2.40. The van der Waals surface area contributed by atoms with Crippen LogP contribution in [-0.2, 0) is 5.54 Å². The van der Waals surface area contributed by atoms with E-state index in [9.17, 15) is 4.79 Å². The van der Waals surface area contributed by atoms with Crippen molar-refractivity contribution in [1.82, 2.24) is 15.2 Å². The normalized spacial score (nSPS) is 26.4. The molecule has 20 heavy (non-hydrogen) atoms. The van der Waals surface area contributed by atoms with Gasteiger partial charge in [0.15, 0.2) is 0 Å². The Hall–Kier alpha value is -1.82. The number of aromatic nitrogens is 1. The van der Waals surface area contributed by atoms with Crippen molar-refractivity contribution in [2.24, 2.45) is 5.73 Å². The fraction of sp³-hybridized carbons (Fsp3) is 0.571. The lowest BCUT2D eigenvalue weighted by molar-refractivity contribution is 0.0877. The van der Waals surface area contributed by atoms with Crippen LogP contribution in [-0.4, -0.2) is 42.2 Å². The Morgan fingerprint density at radius 1 is 1.60 bits per heavy atom. The number of methoxy groups -OCH3 is 1. The molecule has 110 valence electrons. The highest BCUT2D eigenvalue weighted by atomic mass is 16.5. The number of rotatable bonds is 2. The maximum Gasteiger partial charge on any atom is 0.315 e. The summed E-state index contributed by atoms with van der Waals surface area (Å²) >= 11 is 0. The van der Waals surface area contributed by atoms with E-state index in [2.05, 4.69) is 10.3 Å². The van der Waals surface area contributed by atoms with Crippen LogP contribution >= 0.6 is 0 Å². The van der Waals surface area contributed by atoms with Gasteiger partial charge in [0.05, 0.1) is 12.6 Å². The molecule has 1 aromatic rings. The van der Waals surface area contributed by atoms with Crippen molar-refractivity contribution in [2.45, 2.75) is 32.4 Å². The Morgan fingerprint density at radius 2 is 2.30 bits per heavy atom. The average molecular weight is 278 g/mol. The summed E-state index contributed by atoms with van der Waals surface area (Å²) in [5, 5.41) is 3.40. The Labute approximate surface area is 119 Å². The number of pyridine rings is 1. The molecule has 6 nitrogen and oxygen atoms in total. The molecule has 0 spiro atoms. The molecule has 0 aromatic carbocycles. The van der Waals surface area contributed by atoms with Gasteiger partial charge in [0.25, 0.3) is 0 Å². The lowest BCUT2D eigenvalue weighted by Crippen LogP contribution is -2.63. The van der Waals surface area contributed by atoms with Crippen LogP contribution in [0.4, 0.5) is 4.79 Å². The van der Waals surface area contributed by atoms with Crippen molar-refractivity contribution in [1.29, 1.82) is 0 Å². The molecule has 3 N–H and O–H groups in total. The van der Waals surface area contributed by atoms with E-state index >= 15 is 0 Å².